The van der Waals surface area contributed by atoms with Crippen molar-refractivity contribution >= 4 is 39.5 Å². The Morgan fingerprint density at radius 2 is 2.16 bits per heavy atom. The van der Waals surface area contributed by atoms with E-state index >= 15 is 0 Å². The highest BCUT2D eigenvalue weighted by Crippen LogP contribution is 2.34. The molecule has 0 amide bonds. The lowest BCUT2D eigenvalue weighted by Crippen LogP contribution is -2.44. The summed E-state index contributed by atoms with van der Waals surface area (Å²) in [6.45, 7) is 2.31. The fourth-order valence-corrected chi connectivity index (χ4v) is 5.82. The number of likely N-dealkylation sites (N-methyl/N-ethyl adjacent to an activating group) is 1. The molecule has 0 aromatic heterocycles. The van der Waals surface area contributed by atoms with Gasteiger partial charge in [-0.25, -0.2) is 4.39 Å². The molecule has 0 radical (unpaired) electrons. The normalized spacial score (nSPS) is 25.3. The highest BCUT2D eigenvalue weighted by Gasteiger charge is 2.29. The first-order valence-electron chi connectivity index (χ1n) is 6.46. The highest BCUT2D eigenvalue weighted by molar-refractivity contribution is 9.10. The van der Waals surface area contributed by atoms with E-state index in [1.54, 1.807) is 6.07 Å². The van der Waals surface area contributed by atoms with Crippen molar-refractivity contribution in [2.24, 2.45) is 0 Å². The van der Waals surface area contributed by atoms with Gasteiger partial charge in [0.15, 0.2) is 0 Å². The molecule has 1 heterocycles. The first-order valence-corrected chi connectivity index (χ1v) is 9.35. The lowest BCUT2D eigenvalue weighted by Gasteiger charge is -2.34. The zero-order valence-corrected chi connectivity index (χ0v) is 14.4. The van der Waals surface area contributed by atoms with Gasteiger partial charge in [0, 0.05) is 28.0 Å². The Kier molecular flexibility index (Phi) is 6.06. The van der Waals surface area contributed by atoms with Crippen molar-refractivity contribution in [3.8, 4) is 0 Å². The quantitative estimate of drug-likeness (QED) is 0.869. The van der Waals surface area contributed by atoms with Gasteiger partial charge in [0.2, 0.25) is 0 Å². The average molecular weight is 364 g/mol. The van der Waals surface area contributed by atoms with Crippen molar-refractivity contribution in [1.82, 2.24) is 5.32 Å². The number of benzene rings is 1. The molecule has 0 aliphatic carbocycles. The van der Waals surface area contributed by atoms with E-state index in [0.29, 0.717) is 21.0 Å². The summed E-state index contributed by atoms with van der Waals surface area (Å²) < 4.78 is 13.8. The van der Waals surface area contributed by atoms with E-state index in [1.165, 1.54) is 17.1 Å². The molecule has 3 unspecified atom stereocenters. The van der Waals surface area contributed by atoms with E-state index < -0.39 is 0 Å². The first-order chi connectivity index (χ1) is 9.11. The minimum Gasteiger partial charge on any atom is -0.316 e. The van der Waals surface area contributed by atoms with Gasteiger partial charge >= 0.3 is 0 Å². The number of hydrogen-bond acceptors (Lipinski definition) is 3. The predicted octanol–water partition coefficient (Wildman–Crippen LogP) is 3.96. The molecular formula is C14H19BrFNS2. The Morgan fingerprint density at radius 1 is 1.42 bits per heavy atom. The number of halogens is 2. The van der Waals surface area contributed by atoms with Crippen molar-refractivity contribution in [3.05, 3.63) is 34.1 Å². The molecule has 1 aromatic carbocycles. The zero-order valence-electron chi connectivity index (χ0n) is 11.2. The van der Waals surface area contributed by atoms with E-state index in [-0.39, 0.29) is 5.82 Å². The van der Waals surface area contributed by atoms with Crippen LogP contribution in [0.15, 0.2) is 22.7 Å². The minimum absolute atomic E-state index is 0.194. The molecule has 106 valence electrons. The molecule has 1 fully saturated rings. The maximum absolute atomic E-state index is 13.3. The molecule has 1 aromatic rings. The second kappa shape index (κ2) is 7.34. The van der Waals surface area contributed by atoms with Crippen LogP contribution in [0.3, 0.4) is 0 Å². The number of nitrogens with one attached hydrogen (secondary N) is 1. The molecule has 5 heteroatoms. The summed E-state index contributed by atoms with van der Waals surface area (Å²) in [6.07, 6.45) is 0.942. The third-order valence-electron chi connectivity index (χ3n) is 3.44. The molecule has 1 aliphatic rings. The fraction of sp³-hybridized carbons (Fsp3) is 0.571. The summed E-state index contributed by atoms with van der Waals surface area (Å²) in [5.41, 5.74) is 1.18. The van der Waals surface area contributed by atoms with Crippen molar-refractivity contribution in [2.45, 2.75) is 29.9 Å². The van der Waals surface area contributed by atoms with Crippen molar-refractivity contribution in [1.29, 1.82) is 0 Å². The van der Waals surface area contributed by atoms with Crippen LogP contribution >= 0.6 is 39.5 Å². The van der Waals surface area contributed by atoms with Gasteiger partial charge in [-0.3, -0.25) is 0 Å². The molecule has 0 spiro atoms. The standard InChI is InChI=1S/C14H19BrFNS2/c1-9-14(19-6-5-18-9)13(17-2)8-10-3-4-12(16)11(15)7-10/h3-4,7,9,13-14,17H,5-6,8H2,1-2H3. The largest absolute Gasteiger partial charge is 0.316 e. The molecule has 0 saturated carbocycles. The van der Waals surface area contributed by atoms with Gasteiger partial charge in [-0.15, -0.1) is 0 Å². The molecule has 0 bridgehead atoms. The SMILES string of the molecule is CNC(Cc1ccc(F)c(Br)c1)C1SCCSC1C. The topological polar surface area (TPSA) is 12.0 Å². The molecule has 1 nitrogen and oxygen atoms in total. The van der Waals surface area contributed by atoms with E-state index in [0.717, 1.165) is 6.42 Å². The van der Waals surface area contributed by atoms with Crippen molar-refractivity contribution in [3.63, 3.8) is 0 Å². The van der Waals surface area contributed by atoms with Gasteiger partial charge in [0.1, 0.15) is 5.82 Å². The lowest BCUT2D eigenvalue weighted by atomic mass is 10.0. The first kappa shape index (κ1) is 15.7. The molecule has 2 rings (SSSR count). The zero-order chi connectivity index (χ0) is 13.8. The van der Waals surface area contributed by atoms with Crippen LogP contribution in [-0.4, -0.2) is 35.1 Å². The second-order valence-corrected chi connectivity index (χ2v) is 8.38. The smallest absolute Gasteiger partial charge is 0.137 e. The van der Waals surface area contributed by atoms with Gasteiger partial charge in [0.25, 0.3) is 0 Å². The Labute approximate surface area is 131 Å². The molecule has 1 N–H and O–H groups in total. The van der Waals surface area contributed by atoms with E-state index in [9.17, 15) is 4.39 Å². The maximum atomic E-state index is 13.3. The molecule has 1 aliphatic heterocycles. The van der Waals surface area contributed by atoms with Crippen LogP contribution < -0.4 is 5.32 Å². The van der Waals surface area contributed by atoms with Crippen LogP contribution in [0.25, 0.3) is 0 Å². The van der Waals surface area contributed by atoms with Gasteiger partial charge < -0.3 is 5.32 Å². The molecule has 1 saturated heterocycles. The van der Waals surface area contributed by atoms with Crippen LogP contribution in [0.5, 0.6) is 0 Å². The Morgan fingerprint density at radius 3 is 2.79 bits per heavy atom. The number of hydrogen-bond donors (Lipinski definition) is 1. The summed E-state index contributed by atoms with van der Waals surface area (Å²) >= 11 is 7.38. The van der Waals surface area contributed by atoms with Crippen LogP contribution in [0.4, 0.5) is 4.39 Å². The number of rotatable bonds is 4. The predicted molar refractivity (Wildman–Crippen MR) is 88.8 cm³/mol. The second-order valence-electron chi connectivity index (χ2n) is 4.76. The Hall–Kier alpha value is 0.290. The van der Waals surface area contributed by atoms with E-state index in [1.807, 2.05) is 19.2 Å². The van der Waals surface area contributed by atoms with Gasteiger partial charge in [-0.2, -0.15) is 23.5 Å². The summed E-state index contributed by atoms with van der Waals surface area (Å²) in [4.78, 5) is 0. The third kappa shape index (κ3) is 4.13. The Balaban J connectivity index is 2.07. The van der Waals surface area contributed by atoms with Gasteiger partial charge in [-0.05, 0) is 47.1 Å². The molecule has 3 atom stereocenters. The molecule has 19 heavy (non-hydrogen) atoms. The van der Waals surface area contributed by atoms with Gasteiger partial charge in [0.05, 0.1) is 4.47 Å². The minimum atomic E-state index is -0.194. The van der Waals surface area contributed by atoms with Crippen LogP contribution in [-0.2, 0) is 6.42 Å². The maximum Gasteiger partial charge on any atom is 0.137 e. The van der Waals surface area contributed by atoms with E-state index in [4.69, 9.17) is 0 Å². The van der Waals surface area contributed by atoms with Crippen LogP contribution in [0.2, 0.25) is 0 Å². The van der Waals surface area contributed by atoms with Crippen molar-refractivity contribution < 1.29 is 4.39 Å². The third-order valence-corrected chi connectivity index (χ3v) is 7.30. The summed E-state index contributed by atoms with van der Waals surface area (Å²) in [5, 5.41) is 4.73. The van der Waals surface area contributed by atoms with Crippen LogP contribution in [0, 0.1) is 5.82 Å². The average Bonchev–Trinajstić information content (AvgIpc) is 2.41. The Bertz CT molecular complexity index is 430. The fourth-order valence-electron chi connectivity index (χ4n) is 2.39. The van der Waals surface area contributed by atoms with E-state index in [2.05, 4.69) is 51.7 Å². The summed E-state index contributed by atoms with van der Waals surface area (Å²) in [7, 11) is 2.02. The molecular weight excluding hydrogens is 345 g/mol. The highest BCUT2D eigenvalue weighted by atomic mass is 79.9. The van der Waals surface area contributed by atoms with Crippen molar-refractivity contribution in [2.75, 3.05) is 18.6 Å². The lowest BCUT2D eigenvalue weighted by molar-refractivity contribution is 0.530. The van der Waals surface area contributed by atoms with Gasteiger partial charge in [-0.1, -0.05) is 13.0 Å². The van der Waals surface area contributed by atoms with Crippen LogP contribution in [0.1, 0.15) is 12.5 Å². The summed E-state index contributed by atoms with van der Waals surface area (Å²) in [5.74, 6) is 2.28. The summed E-state index contributed by atoms with van der Waals surface area (Å²) in [6, 6.07) is 5.75. The number of thioether (sulfide) groups is 2. The monoisotopic (exact) mass is 363 g/mol.